The van der Waals surface area contributed by atoms with E-state index >= 15 is 0 Å². The van der Waals surface area contributed by atoms with Gasteiger partial charge in [-0.3, -0.25) is 18.7 Å². The van der Waals surface area contributed by atoms with Gasteiger partial charge in [-0.15, -0.1) is 11.3 Å². The SMILES string of the molecule is CC(=O)OCOP(=O)(O)C(C(=O)NC=Cc1ccc(F)c(F)c1)c1csc2ccc(Cl)cc12. The van der Waals surface area contributed by atoms with E-state index in [2.05, 4.69) is 10.1 Å². The molecule has 1 amide bonds. The van der Waals surface area contributed by atoms with Gasteiger partial charge in [0.05, 0.1) is 0 Å². The van der Waals surface area contributed by atoms with Crippen molar-refractivity contribution < 1.29 is 37.1 Å². The zero-order chi connectivity index (χ0) is 24.2. The summed E-state index contributed by atoms with van der Waals surface area (Å²) in [5.41, 5.74) is -1.27. The molecule has 33 heavy (non-hydrogen) atoms. The molecule has 2 N–H and O–H groups in total. The molecule has 0 saturated heterocycles. The number of nitrogens with one attached hydrogen (secondary N) is 1. The highest BCUT2D eigenvalue weighted by atomic mass is 35.5. The van der Waals surface area contributed by atoms with Crippen molar-refractivity contribution >= 4 is 58.6 Å². The Hall–Kier alpha value is -2.62. The summed E-state index contributed by atoms with van der Waals surface area (Å²) in [6.45, 7) is 0.258. The average molecular weight is 516 g/mol. The van der Waals surface area contributed by atoms with E-state index in [1.165, 1.54) is 28.9 Å². The van der Waals surface area contributed by atoms with Crippen LogP contribution in [-0.4, -0.2) is 23.6 Å². The Kier molecular flexibility index (Phi) is 7.99. The second kappa shape index (κ2) is 10.5. The maximum Gasteiger partial charge on any atom is 0.347 e. The Morgan fingerprint density at radius 3 is 2.70 bits per heavy atom. The lowest BCUT2D eigenvalue weighted by molar-refractivity contribution is -0.147. The van der Waals surface area contributed by atoms with Gasteiger partial charge in [0, 0.05) is 22.8 Å². The number of hydrogen-bond donors (Lipinski definition) is 2. The van der Waals surface area contributed by atoms with Gasteiger partial charge in [-0.05, 0) is 58.3 Å². The van der Waals surface area contributed by atoms with Gasteiger partial charge in [-0.1, -0.05) is 17.7 Å². The number of carbonyl (C=O) groups is 2. The minimum absolute atomic E-state index is 0.185. The Morgan fingerprint density at radius 2 is 2.00 bits per heavy atom. The van der Waals surface area contributed by atoms with Crippen LogP contribution in [0.15, 0.2) is 48.0 Å². The predicted octanol–water partition coefficient (Wildman–Crippen LogP) is 5.38. The molecule has 0 radical (unpaired) electrons. The number of thiophene rings is 1. The van der Waals surface area contributed by atoms with Gasteiger partial charge in [0.1, 0.15) is 0 Å². The molecule has 174 valence electrons. The molecule has 0 aliphatic heterocycles. The lowest BCUT2D eigenvalue weighted by Gasteiger charge is -2.21. The molecule has 2 aromatic carbocycles. The first-order valence-electron chi connectivity index (χ1n) is 9.27. The molecule has 3 aromatic rings. The third-order valence-electron chi connectivity index (χ3n) is 4.38. The van der Waals surface area contributed by atoms with Crippen LogP contribution >= 0.6 is 30.5 Å². The number of ether oxygens (including phenoxy) is 1. The van der Waals surface area contributed by atoms with E-state index in [-0.39, 0.29) is 11.1 Å². The first-order valence-corrected chi connectivity index (χ1v) is 12.2. The van der Waals surface area contributed by atoms with Gasteiger partial charge >= 0.3 is 13.6 Å². The van der Waals surface area contributed by atoms with Crippen molar-refractivity contribution in [1.29, 1.82) is 0 Å². The molecule has 1 heterocycles. The molecule has 0 spiro atoms. The molecule has 2 atom stereocenters. The van der Waals surface area contributed by atoms with Crippen molar-refractivity contribution in [3.05, 3.63) is 75.8 Å². The highest BCUT2D eigenvalue weighted by Gasteiger charge is 2.41. The fourth-order valence-corrected chi connectivity index (χ4v) is 5.40. The lowest BCUT2D eigenvalue weighted by atomic mass is 10.1. The van der Waals surface area contributed by atoms with Crippen LogP contribution in [0.2, 0.25) is 5.02 Å². The maximum absolute atomic E-state index is 13.4. The Bertz CT molecular complexity index is 1280. The smallest absolute Gasteiger partial charge is 0.347 e. The third-order valence-corrected chi connectivity index (χ3v) is 7.24. The van der Waals surface area contributed by atoms with Crippen LogP contribution in [-0.2, 0) is 23.4 Å². The number of benzene rings is 2. The number of esters is 1. The van der Waals surface area contributed by atoms with Gasteiger partial charge in [0.15, 0.2) is 17.3 Å². The summed E-state index contributed by atoms with van der Waals surface area (Å²) >= 11 is 7.29. The van der Waals surface area contributed by atoms with Crippen molar-refractivity contribution in [3.63, 3.8) is 0 Å². The molecule has 0 aliphatic carbocycles. The molecule has 0 bridgehead atoms. The Labute approximate surface area is 196 Å². The van der Waals surface area contributed by atoms with Gasteiger partial charge in [0.25, 0.3) is 0 Å². The summed E-state index contributed by atoms with van der Waals surface area (Å²) in [6.07, 6.45) is 2.40. The van der Waals surface area contributed by atoms with Crippen LogP contribution in [0.1, 0.15) is 23.7 Å². The number of hydrogen-bond acceptors (Lipinski definition) is 6. The quantitative estimate of drug-likeness (QED) is 0.237. The van der Waals surface area contributed by atoms with E-state index in [0.717, 1.165) is 25.3 Å². The number of carbonyl (C=O) groups excluding carboxylic acids is 2. The molecule has 0 aliphatic rings. The van der Waals surface area contributed by atoms with E-state index in [0.29, 0.717) is 15.1 Å². The van der Waals surface area contributed by atoms with E-state index in [1.807, 2.05) is 0 Å². The highest BCUT2D eigenvalue weighted by Crippen LogP contribution is 2.58. The number of halogens is 3. The van der Waals surface area contributed by atoms with E-state index in [9.17, 15) is 27.8 Å². The predicted molar refractivity (Wildman–Crippen MR) is 121 cm³/mol. The standard InChI is InChI=1S/C21H17ClF2NO6PS/c1-12(26)30-11-31-32(28,29)20(16-10-33-19-5-3-14(22)9-15(16)19)21(27)25-7-6-13-2-4-17(23)18(24)8-13/h2-10,20H,11H2,1H3,(H,25,27)(H,28,29). The lowest BCUT2D eigenvalue weighted by Crippen LogP contribution is -2.26. The van der Waals surface area contributed by atoms with Crippen LogP contribution in [0.25, 0.3) is 16.2 Å². The number of amides is 1. The molecule has 12 heteroatoms. The van der Waals surface area contributed by atoms with Crippen LogP contribution in [0.5, 0.6) is 0 Å². The van der Waals surface area contributed by atoms with Gasteiger partial charge in [-0.25, -0.2) is 8.78 Å². The summed E-state index contributed by atoms with van der Waals surface area (Å²) in [5.74, 6) is -3.74. The monoisotopic (exact) mass is 515 g/mol. The largest absolute Gasteiger partial charge is 0.438 e. The molecular weight excluding hydrogens is 499 g/mol. The summed E-state index contributed by atoms with van der Waals surface area (Å²) < 4.78 is 49.6. The van der Waals surface area contributed by atoms with Gasteiger partial charge in [0.2, 0.25) is 12.7 Å². The zero-order valence-corrected chi connectivity index (χ0v) is 19.4. The van der Waals surface area contributed by atoms with Crippen molar-refractivity contribution in [1.82, 2.24) is 5.32 Å². The molecule has 0 fully saturated rings. The van der Waals surface area contributed by atoms with E-state index in [4.69, 9.17) is 16.1 Å². The summed E-state index contributed by atoms with van der Waals surface area (Å²) in [4.78, 5) is 34.5. The van der Waals surface area contributed by atoms with Crippen LogP contribution in [0.4, 0.5) is 8.78 Å². The molecule has 1 aromatic heterocycles. The maximum atomic E-state index is 13.4. The molecule has 2 unspecified atom stereocenters. The third kappa shape index (κ3) is 6.25. The van der Waals surface area contributed by atoms with E-state index < -0.39 is 43.6 Å². The van der Waals surface area contributed by atoms with Crippen molar-refractivity contribution in [3.8, 4) is 0 Å². The Balaban J connectivity index is 1.91. The number of fused-ring (bicyclic) bond motifs is 1. The fourth-order valence-electron chi connectivity index (χ4n) is 2.87. The minimum Gasteiger partial charge on any atom is -0.438 e. The molecular formula is C21H17ClF2NO6PS. The highest BCUT2D eigenvalue weighted by molar-refractivity contribution is 7.54. The van der Waals surface area contributed by atoms with Crippen molar-refractivity contribution in [2.45, 2.75) is 12.6 Å². The fraction of sp³-hybridized carbons (Fsp3) is 0.143. The summed E-state index contributed by atoms with van der Waals surface area (Å²) in [6, 6.07) is 8.01. The van der Waals surface area contributed by atoms with Crippen molar-refractivity contribution in [2.24, 2.45) is 0 Å². The molecule has 0 saturated carbocycles. The van der Waals surface area contributed by atoms with Gasteiger partial charge < -0.3 is 14.9 Å². The summed E-state index contributed by atoms with van der Waals surface area (Å²) in [5, 5.41) is 4.71. The van der Waals surface area contributed by atoms with Crippen LogP contribution in [0.3, 0.4) is 0 Å². The second-order valence-corrected chi connectivity index (χ2v) is 9.95. The second-order valence-electron chi connectivity index (χ2n) is 6.70. The average Bonchev–Trinajstić information content (AvgIpc) is 3.12. The Morgan fingerprint density at radius 1 is 1.24 bits per heavy atom. The summed E-state index contributed by atoms with van der Waals surface area (Å²) in [7, 11) is -4.72. The first kappa shape index (κ1) is 25.0. The topological polar surface area (TPSA) is 102 Å². The number of rotatable bonds is 8. The first-order chi connectivity index (χ1) is 15.6. The minimum atomic E-state index is -4.72. The van der Waals surface area contributed by atoms with Crippen LogP contribution in [0, 0.1) is 11.6 Å². The van der Waals surface area contributed by atoms with E-state index in [1.54, 1.807) is 18.2 Å². The van der Waals surface area contributed by atoms with Crippen LogP contribution < -0.4 is 5.32 Å². The van der Waals surface area contributed by atoms with Crippen molar-refractivity contribution in [2.75, 3.05) is 6.79 Å². The zero-order valence-electron chi connectivity index (χ0n) is 17.0. The normalized spacial score (nSPS) is 14.2. The van der Waals surface area contributed by atoms with Gasteiger partial charge in [-0.2, -0.15) is 0 Å². The molecule has 3 rings (SSSR count). The molecule has 7 nitrogen and oxygen atoms in total.